The number of likely N-dealkylation sites (tertiary alicyclic amines) is 1. The fourth-order valence-corrected chi connectivity index (χ4v) is 3.51. The lowest BCUT2D eigenvalue weighted by Crippen LogP contribution is -2.27. The van der Waals surface area contributed by atoms with Crippen molar-refractivity contribution >= 4 is 17.7 Å². The molecule has 1 amide bonds. The molecule has 0 unspecified atom stereocenters. The van der Waals surface area contributed by atoms with Crippen LogP contribution in [0.4, 0.5) is 0 Å². The van der Waals surface area contributed by atoms with Gasteiger partial charge in [-0.1, -0.05) is 18.2 Å². The molecule has 1 N–H and O–H groups in total. The molecule has 2 aromatic heterocycles. The van der Waals surface area contributed by atoms with Crippen LogP contribution in [-0.4, -0.2) is 63.6 Å². The molecule has 0 atom stereocenters. The smallest absolute Gasteiger partial charge is 0.362 e. The summed E-state index contributed by atoms with van der Waals surface area (Å²) in [7, 11) is 0. The van der Waals surface area contributed by atoms with Gasteiger partial charge in [-0.2, -0.15) is 5.10 Å². The largest absolute Gasteiger partial charge is 0.481 e. The zero-order valence-corrected chi connectivity index (χ0v) is 17.7. The normalized spacial score (nSPS) is 13.2. The van der Waals surface area contributed by atoms with Crippen LogP contribution in [0.15, 0.2) is 48.8 Å². The zero-order chi connectivity index (χ0) is 22.5. The number of carbonyl (C=O) groups excluding carboxylic acids is 3. The molecule has 9 nitrogen and oxygen atoms in total. The molecule has 0 bridgehead atoms. The maximum Gasteiger partial charge on any atom is 0.362 e. The molecule has 3 aromatic rings. The van der Waals surface area contributed by atoms with Gasteiger partial charge in [-0.3, -0.25) is 9.59 Å². The summed E-state index contributed by atoms with van der Waals surface area (Å²) in [5.74, 6) is -0.936. The molecule has 0 radical (unpaired) electrons. The maximum atomic E-state index is 12.6. The molecule has 3 heterocycles. The third-order valence-corrected chi connectivity index (χ3v) is 5.16. The summed E-state index contributed by atoms with van der Waals surface area (Å²) in [6, 6.07) is 10.8. The minimum atomic E-state index is -0.634. The monoisotopic (exact) mass is 436 g/mol. The number of para-hydroxylation sites is 1. The van der Waals surface area contributed by atoms with Crippen LogP contribution < -0.4 is 4.74 Å². The van der Waals surface area contributed by atoms with Crippen molar-refractivity contribution in [2.45, 2.75) is 19.8 Å². The fourth-order valence-electron chi connectivity index (χ4n) is 3.51. The number of aromatic amines is 1. The molecule has 1 aromatic carbocycles. The van der Waals surface area contributed by atoms with Crippen molar-refractivity contribution in [2.24, 2.45) is 0 Å². The number of ether oxygens (including phenoxy) is 2. The van der Waals surface area contributed by atoms with Gasteiger partial charge in [-0.15, -0.1) is 0 Å². The Hall–Kier alpha value is -3.88. The van der Waals surface area contributed by atoms with Crippen molar-refractivity contribution in [3.63, 3.8) is 0 Å². The highest BCUT2D eigenvalue weighted by Gasteiger charge is 2.23. The molecule has 1 fully saturated rings. The van der Waals surface area contributed by atoms with Gasteiger partial charge in [-0.25, -0.2) is 9.48 Å². The molecular weight excluding hydrogens is 412 g/mol. The first-order chi connectivity index (χ1) is 15.6. The number of H-pyrrole nitrogens is 1. The van der Waals surface area contributed by atoms with Crippen molar-refractivity contribution < 1.29 is 23.9 Å². The van der Waals surface area contributed by atoms with Crippen molar-refractivity contribution in [1.29, 1.82) is 0 Å². The second-order valence-electron chi connectivity index (χ2n) is 7.36. The number of hydrogen-bond acceptors (Lipinski definition) is 6. The van der Waals surface area contributed by atoms with E-state index in [-0.39, 0.29) is 36.3 Å². The van der Waals surface area contributed by atoms with Gasteiger partial charge in [0, 0.05) is 24.8 Å². The number of ketones is 1. The molecular formula is C23H24N4O5. The average Bonchev–Trinajstić information content (AvgIpc) is 3.58. The molecule has 0 saturated carbocycles. The number of rotatable bonds is 8. The number of Topliss-reactive ketones (excluding diaryl/α,β-unsaturated/α-hetero) is 1. The predicted molar refractivity (Wildman–Crippen MR) is 115 cm³/mol. The van der Waals surface area contributed by atoms with Crippen molar-refractivity contribution in [3.05, 3.63) is 65.7 Å². The Morgan fingerprint density at radius 3 is 2.59 bits per heavy atom. The number of amides is 1. The molecule has 32 heavy (non-hydrogen) atoms. The number of aromatic nitrogens is 3. The van der Waals surface area contributed by atoms with E-state index >= 15 is 0 Å². The molecule has 0 aliphatic carbocycles. The highest BCUT2D eigenvalue weighted by Crippen LogP contribution is 2.21. The lowest BCUT2D eigenvalue weighted by atomic mass is 10.2. The first-order valence-corrected chi connectivity index (χ1v) is 10.5. The average molecular weight is 436 g/mol. The second-order valence-corrected chi connectivity index (χ2v) is 7.36. The van der Waals surface area contributed by atoms with Gasteiger partial charge in [0.05, 0.1) is 18.5 Å². The molecule has 0 spiro atoms. The highest BCUT2D eigenvalue weighted by atomic mass is 16.5. The molecule has 9 heteroatoms. The third-order valence-electron chi connectivity index (χ3n) is 5.16. The molecule has 4 rings (SSSR count). The van der Waals surface area contributed by atoms with E-state index in [2.05, 4.69) is 10.1 Å². The maximum absolute atomic E-state index is 12.6. The van der Waals surface area contributed by atoms with E-state index in [9.17, 15) is 14.4 Å². The van der Waals surface area contributed by atoms with Crippen molar-refractivity contribution in [2.75, 3.05) is 26.3 Å². The van der Waals surface area contributed by atoms with Gasteiger partial charge in [0.25, 0.3) is 5.91 Å². The minimum absolute atomic E-state index is 0.0116. The SMILES string of the molecule is CCOC(=O)c1nn(-c2ccccc2)cc1OCC(=O)c1c[nH]c(C(=O)N2CCCC2)c1. The molecule has 1 aliphatic heterocycles. The number of benzene rings is 1. The van der Waals surface area contributed by atoms with Crippen LogP contribution in [0.3, 0.4) is 0 Å². The summed E-state index contributed by atoms with van der Waals surface area (Å²) >= 11 is 0. The standard InChI is InChI=1S/C23H24N4O5/c1-2-31-23(30)21-20(14-27(25-21)17-8-4-3-5-9-17)32-15-19(28)16-12-18(24-13-16)22(29)26-10-6-7-11-26/h3-5,8-9,12-14,24H,2,6-7,10-11,15H2,1H3. The van der Waals surface area contributed by atoms with Gasteiger partial charge in [0.2, 0.25) is 11.5 Å². The van der Waals surface area contributed by atoms with Crippen LogP contribution in [0.1, 0.15) is 51.1 Å². The lowest BCUT2D eigenvalue weighted by Gasteiger charge is -2.13. The Balaban J connectivity index is 1.48. The summed E-state index contributed by atoms with van der Waals surface area (Å²) < 4.78 is 12.2. The molecule has 1 saturated heterocycles. The lowest BCUT2D eigenvalue weighted by molar-refractivity contribution is 0.0512. The summed E-state index contributed by atoms with van der Waals surface area (Å²) in [4.78, 5) is 42.1. The summed E-state index contributed by atoms with van der Waals surface area (Å²) in [6.07, 6.45) is 5.01. The van der Waals surface area contributed by atoms with Crippen LogP contribution in [0.5, 0.6) is 5.75 Å². The summed E-state index contributed by atoms with van der Waals surface area (Å²) in [5.41, 5.74) is 1.43. The van der Waals surface area contributed by atoms with Gasteiger partial charge in [0.1, 0.15) is 5.69 Å². The Morgan fingerprint density at radius 1 is 1.12 bits per heavy atom. The fraction of sp³-hybridized carbons (Fsp3) is 0.304. The quantitative estimate of drug-likeness (QED) is 0.430. The van der Waals surface area contributed by atoms with Crippen molar-refractivity contribution in [1.82, 2.24) is 19.7 Å². The zero-order valence-electron chi connectivity index (χ0n) is 17.7. The Morgan fingerprint density at radius 2 is 1.88 bits per heavy atom. The van der Waals surface area contributed by atoms with Crippen LogP contribution in [0.25, 0.3) is 5.69 Å². The summed E-state index contributed by atoms with van der Waals surface area (Å²) in [6.45, 7) is 3.02. The van der Waals surface area contributed by atoms with E-state index < -0.39 is 5.97 Å². The topological polar surface area (TPSA) is 107 Å². The minimum Gasteiger partial charge on any atom is -0.481 e. The summed E-state index contributed by atoms with van der Waals surface area (Å²) in [5, 5.41) is 4.27. The number of esters is 1. The van der Waals surface area contributed by atoms with Crippen LogP contribution in [0.2, 0.25) is 0 Å². The Bertz CT molecular complexity index is 1110. The van der Waals surface area contributed by atoms with Gasteiger partial charge < -0.3 is 19.4 Å². The first kappa shape index (κ1) is 21.4. The van der Waals surface area contributed by atoms with Crippen LogP contribution >= 0.6 is 0 Å². The number of nitrogens with one attached hydrogen (secondary N) is 1. The van der Waals surface area contributed by atoms with E-state index in [1.807, 2.05) is 30.3 Å². The van der Waals surface area contributed by atoms with Gasteiger partial charge in [-0.05, 0) is 38.0 Å². The van der Waals surface area contributed by atoms with E-state index in [0.717, 1.165) is 31.6 Å². The Kier molecular flexibility index (Phi) is 6.34. The van der Waals surface area contributed by atoms with E-state index in [1.54, 1.807) is 11.8 Å². The highest BCUT2D eigenvalue weighted by molar-refractivity contribution is 6.01. The van der Waals surface area contributed by atoms with E-state index in [1.165, 1.54) is 23.1 Å². The van der Waals surface area contributed by atoms with Crippen molar-refractivity contribution in [3.8, 4) is 11.4 Å². The van der Waals surface area contributed by atoms with E-state index in [4.69, 9.17) is 9.47 Å². The number of carbonyl (C=O) groups is 3. The van der Waals surface area contributed by atoms with Gasteiger partial charge >= 0.3 is 5.97 Å². The van der Waals surface area contributed by atoms with Gasteiger partial charge in [0.15, 0.2) is 12.4 Å². The predicted octanol–water partition coefficient (Wildman–Crippen LogP) is 2.87. The second kappa shape index (κ2) is 9.51. The molecule has 166 valence electrons. The number of nitrogens with zero attached hydrogens (tertiary/aromatic N) is 3. The first-order valence-electron chi connectivity index (χ1n) is 10.5. The van der Waals surface area contributed by atoms with E-state index in [0.29, 0.717) is 11.3 Å². The van der Waals surface area contributed by atoms with Crippen LogP contribution in [-0.2, 0) is 4.74 Å². The molecule has 1 aliphatic rings. The number of hydrogen-bond donors (Lipinski definition) is 1. The third kappa shape index (κ3) is 4.56. The Labute approximate surface area is 184 Å². The van der Waals surface area contributed by atoms with Crippen LogP contribution in [0, 0.1) is 0 Å².